The average Bonchev–Trinajstić information content (AvgIpc) is 2.22. The second kappa shape index (κ2) is 6.55. The van der Waals surface area contributed by atoms with Gasteiger partial charge in [-0.1, -0.05) is 19.4 Å². The number of alkyl halides is 2. The molecule has 0 spiro atoms. The Kier molecular flexibility index (Phi) is 6.13. The number of rotatable bonds is 7. The van der Waals surface area contributed by atoms with Gasteiger partial charge in [0.25, 0.3) is 6.43 Å². The Balaban J connectivity index is 5.11. The van der Waals surface area contributed by atoms with Crippen molar-refractivity contribution in [2.45, 2.75) is 38.2 Å². The van der Waals surface area contributed by atoms with Crippen LogP contribution in [0.3, 0.4) is 0 Å². The molecule has 0 aromatic heterocycles. The van der Waals surface area contributed by atoms with E-state index in [1.165, 1.54) is 6.08 Å². The first-order valence-corrected chi connectivity index (χ1v) is 5.11. The van der Waals surface area contributed by atoms with Gasteiger partial charge in [0.1, 0.15) is 0 Å². The molecule has 0 rings (SSSR count). The number of aliphatic carboxylic acids is 1. The lowest BCUT2D eigenvalue weighted by Crippen LogP contribution is -2.56. The second-order valence-electron chi connectivity index (χ2n) is 3.54. The van der Waals surface area contributed by atoms with E-state index in [0.717, 1.165) is 6.42 Å². The summed E-state index contributed by atoms with van der Waals surface area (Å²) in [5.41, 5.74) is 7.89. The van der Waals surface area contributed by atoms with Crippen LogP contribution in [0.1, 0.15) is 26.2 Å². The molecule has 0 aromatic rings. The Hall–Kier alpha value is -1.01. The zero-order chi connectivity index (χ0) is 12.8. The first kappa shape index (κ1) is 15.0. The maximum Gasteiger partial charge on any atom is 0.334 e. The highest BCUT2D eigenvalue weighted by molar-refractivity contribution is 5.83. The summed E-state index contributed by atoms with van der Waals surface area (Å²) in [6, 6.07) is 0. The second-order valence-corrected chi connectivity index (χ2v) is 3.54. The summed E-state index contributed by atoms with van der Waals surface area (Å²) in [5.74, 6) is -1.72. The van der Waals surface area contributed by atoms with Crippen LogP contribution < -0.4 is 11.5 Å². The summed E-state index contributed by atoms with van der Waals surface area (Å²) in [6.07, 6.45) is -0.290. The molecule has 0 aromatic carbocycles. The predicted octanol–water partition coefficient (Wildman–Crippen LogP) is 1.11. The number of unbranched alkanes of at least 4 members (excludes halogenated alkanes) is 1. The van der Waals surface area contributed by atoms with Crippen molar-refractivity contribution in [1.29, 1.82) is 0 Å². The van der Waals surface area contributed by atoms with Gasteiger partial charge < -0.3 is 16.6 Å². The quantitative estimate of drug-likeness (QED) is 0.577. The highest BCUT2D eigenvalue weighted by Crippen LogP contribution is 2.26. The molecule has 94 valence electrons. The van der Waals surface area contributed by atoms with Crippen molar-refractivity contribution in [3.63, 3.8) is 0 Å². The Labute approximate surface area is 93.3 Å². The highest BCUT2D eigenvalue weighted by atomic mass is 19.3. The third-order valence-electron chi connectivity index (χ3n) is 2.39. The van der Waals surface area contributed by atoms with Crippen LogP contribution in [0.15, 0.2) is 11.6 Å². The minimum atomic E-state index is -3.15. The van der Waals surface area contributed by atoms with Crippen molar-refractivity contribution in [3.8, 4) is 0 Å². The first-order valence-electron chi connectivity index (χ1n) is 5.11. The van der Waals surface area contributed by atoms with E-state index in [4.69, 9.17) is 16.6 Å². The number of carbonyl (C=O) groups is 1. The Morgan fingerprint density at radius 2 is 2.12 bits per heavy atom. The molecule has 0 saturated heterocycles. The van der Waals surface area contributed by atoms with Gasteiger partial charge in [0, 0.05) is 6.54 Å². The molecule has 4 nitrogen and oxygen atoms in total. The van der Waals surface area contributed by atoms with Crippen LogP contribution in [-0.2, 0) is 4.79 Å². The highest BCUT2D eigenvalue weighted by Gasteiger charge is 2.46. The Bertz CT molecular complexity index is 270. The molecule has 0 fully saturated rings. The summed E-state index contributed by atoms with van der Waals surface area (Å²) in [7, 11) is 0. The molecule has 6 heteroatoms. The van der Waals surface area contributed by atoms with Gasteiger partial charge in [-0.15, -0.1) is 0 Å². The summed E-state index contributed by atoms with van der Waals surface area (Å²) >= 11 is 0. The monoisotopic (exact) mass is 236 g/mol. The molecule has 5 N–H and O–H groups in total. The summed E-state index contributed by atoms with van der Waals surface area (Å²) in [4.78, 5) is 10.9. The minimum absolute atomic E-state index is 0.000602. The number of hydrogen-bond donors (Lipinski definition) is 3. The summed E-state index contributed by atoms with van der Waals surface area (Å²) in [5, 5.41) is 8.81. The van der Waals surface area contributed by atoms with Crippen molar-refractivity contribution in [1.82, 2.24) is 0 Å². The minimum Gasteiger partial charge on any atom is -0.479 e. The normalized spacial score (nSPS) is 16.2. The van der Waals surface area contributed by atoms with Crippen LogP contribution in [0.4, 0.5) is 8.78 Å². The Morgan fingerprint density at radius 3 is 2.44 bits per heavy atom. The molecule has 16 heavy (non-hydrogen) atoms. The van der Waals surface area contributed by atoms with E-state index < -0.39 is 17.9 Å². The van der Waals surface area contributed by atoms with Gasteiger partial charge in [0.05, 0.1) is 0 Å². The number of carboxylic acid groups (broad SMARTS) is 1. The maximum atomic E-state index is 12.7. The molecule has 0 aliphatic carbocycles. The van der Waals surface area contributed by atoms with Crippen LogP contribution in [0, 0.1) is 0 Å². The van der Waals surface area contributed by atoms with Crippen LogP contribution in [-0.4, -0.2) is 29.6 Å². The fraction of sp³-hybridized carbons (Fsp3) is 0.700. The molecule has 0 bridgehead atoms. The van der Waals surface area contributed by atoms with Crippen molar-refractivity contribution in [2.24, 2.45) is 11.5 Å². The lowest BCUT2D eigenvalue weighted by molar-refractivity contribution is -0.147. The molecule has 0 amide bonds. The zero-order valence-corrected chi connectivity index (χ0v) is 9.25. The molecular formula is C10H18F2N2O2. The molecule has 0 heterocycles. The van der Waals surface area contributed by atoms with Gasteiger partial charge in [0.15, 0.2) is 5.54 Å². The first-order chi connectivity index (χ1) is 7.41. The van der Waals surface area contributed by atoms with Gasteiger partial charge in [-0.3, -0.25) is 0 Å². The summed E-state index contributed by atoms with van der Waals surface area (Å²) in [6.45, 7) is 1.87. The fourth-order valence-corrected chi connectivity index (χ4v) is 1.36. The molecular weight excluding hydrogens is 218 g/mol. The third-order valence-corrected chi connectivity index (χ3v) is 2.39. The lowest BCUT2D eigenvalue weighted by atomic mass is 9.87. The van der Waals surface area contributed by atoms with Crippen molar-refractivity contribution < 1.29 is 18.7 Å². The van der Waals surface area contributed by atoms with Gasteiger partial charge in [-0.2, -0.15) is 0 Å². The predicted molar refractivity (Wildman–Crippen MR) is 57.2 cm³/mol. The van der Waals surface area contributed by atoms with Gasteiger partial charge >= 0.3 is 5.97 Å². The molecule has 0 saturated carbocycles. The van der Waals surface area contributed by atoms with Crippen molar-refractivity contribution in [2.75, 3.05) is 6.54 Å². The largest absolute Gasteiger partial charge is 0.479 e. The maximum absolute atomic E-state index is 12.7. The topological polar surface area (TPSA) is 89.3 Å². The van der Waals surface area contributed by atoms with Crippen LogP contribution >= 0.6 is 0 Å². The van der Waals surface area contributed by atoms with E-state index in [-0.39, 0.29) is 18.5 Å². The van der Waals surface area contributed by atoms with Crippen LogP contribution in [0.25, 0.3) is 0 Å². The van der Waals surface area contributed by atoms with Crippen molar-refractivity contribution >= 4 is 5.97 Å². The van der Waals surface area contributed by atoms with E-state index in [1.807, 2.05) is 6.92 Å². The number of halogens is 2. The average molecular weight is 236 g/mol. The zero-order valence-electron chi connectivity index (χ0n) is 9.25. The molecule has 1 atom stereocenters. The van der Waals surface area contributed by atoms with Crippen LogP contribution in [0.5, 0.6) is 0 Å². The lowest BCUT2D eigenvalue weighted by Gasteiger charge is -2.27. The Morgan fingerprint density at radius 1 is 1.56 bits per heavy atom. The third kappa shape index (κ3) is 3.24. The van der Waals surface area contributed by atoms with E-state index >= 15 is 0 Å². The molecule has 0 aliphatic rings. The van der Waals surface area contributed by atoms with Crippen LogP contribution in [0.2, 0.25) is 0 Å². The molecule has 0 aliphatic heterocycles. The fourth-order valence-electron chi connectivity index (χ4n) is 1.36. The number of nitrogens with two attached hydrogens (primary N) is 2. The SMILES string of the molecule is CCCC/C(=C\CN)C(N)(C(=O)O)C(F)F. The van der Waals surface area contributed by atoms with Crippen molar-refractivity contribution in [3.05, 3.63) is 11.6 Å². The van der Waals surface area contributed by atoms with E-state index in [1.54, 1.807) is 0 Å². The van der Waals surface area contributed by atoms with Gasteiger partial charge in [-0.25, -0.2) is 13.6 Å². The summed E-state index contributed by atoms with van der Waals surface area (Å²) < 4.78 is 25.5. The number of carboxylic acids is 1. The van der Waals surface area contributed by atoms with E-state index in [0.29, 0.717) is 6.42 Å². The molecule has 0 radical (unpaired) electrons. The standard InChI is InChI=1S/C10H18F2N2O2/c1-2-3-4-7(5-6-13)10(14,8(11)12)9(15)16/h5,8H,2-4,6,13-14H2,1H3,(H,15,16)/b7-5+. The smallest absolute Gasteiger partial charge is 0.334 e. The van der Waals surface area contributed by atoms with Gasteiger partial charge in [0.2, 0.25) is 0 Å². The molecule has 1 unspecified atom stereocenters. The van der Waals surface area contributed by atoms with E-state index in [9.17, 15) is 13.6 Å². The van der Waals surface area contributed by atoms with E-state index in [2.05, 4.69) is 0 Å². The number of hydrogen-bond acceptors (Lipinski definition) is 3. The van der Waals surface area contributed by atoms with Gasteiger partial charge in [-0.05, 0) is 18.4 Å².